The van der Waals surface area contributed by atoms with Crippen molar-refractivity contribution < 1.29 is 54.8 Å². The van der Waals surface area contributed by atoms with Crippen LogP contribution in [0.3, 0.4) is 0 Å². The molecule has 0 aliphatic heterocycles. The molecule has 8 nitrogen and oxygen atoms in total. The molecule has 0 saturated heterocycles. The fourth-order valence-corrected chi connectivity index (χ4v) is 5.78. The maximum atomic E-state index is 13.0. The van der Waals surface area contributed by atoms with Gasteiger partial charge in [-0.3, -0.25) is 0 Å². The number of aromatic nitrogens is 2. The molecule has 0 saturated carbocycles. The van der Waals surface area contributed by atoms with Crippen molar-refractivity contribution in [1.29, 1.82) is 0 Å². The molecule has 0 N–H and O–H groups in total. The van der Waals surface area contributed by atoms with Gasteiger partial charge in [-0.05, 0) is 72.8 Å². The average Bonchev–Trinajstić information content (AvgIpc) is 3.62. The number of ether oxygens (including phenoxy) is 3. The Bertz CT molecular complexity index is 1780. The predicted octanol–water partition coefficient (Wildman–Crippen LogP) is 4.14. The van der Waals surface area contributed by atoms with Crippen LogP contribution in [-0.2, 0) is 22.8 Å². The van der Waals surface area contributed by atoms with Crippen LogP contribution >= 0.6 is 22.7 Å². The van der Waals surface area contributed by atoms with E-state index in [4.69, 9.17) is 19.0 Å². The molecule has 0 aliphatic carbocycles. The first-order valence-electron chi connectivity index (χ1n) is 12.6. The monoisotopic (exact) mass is 605 g/mol. The second-order valence-corrected chi connectivity index (χ2v) is 11.0. The number of hydrogen-bond acceptors (Lipinski definition) is 10. The second kappa shape index (κ2) is 13.9. The molecule has 206 valence electrons. The Balaban J connectivity index is 0.00000212. The summed E-state index contributed by atoms with van der Waals surface area (Å²) in [7, 11) is 1.38. The summed E-state index contributed by atoms with van der Waals surface area (Å²) in [5.74, 6) is 0.968. The van der Waals surface area contributed by atoms with E-state index in [9.17, 15) is 4.79 Å². The van der Waals surface area contributed by atoms with E-state index in [0.29, 0.717) is 36.0 Å². The quantitative estimate of drug-likeness (QED) is 0.0762. The molecule has 0 aliphatic rings. The molecular formula is C31H24N3NaO5S2. The van der Waals surface area contributed by atoms with Crippen LogP contribution in [0.15, 0.2) is 102 Å². The smallest absolute Gasteiger partial charge is 1.00 e. The molecule has 11 heteroatoms. The van der Waals surface area contributed by atoms with Crippen LogP contribution in [0.2, 0.25) is 0 Å². The van der Waals surface area contributed by atoms with Gasteiger partial charge in [0.15, 0.2) is 5.71 Å². The summed E-state index contributed by atoms with van der Waals surface area (Å²) < 4.78 is 19.5. The Hall–Kier alpha value is -3.80. The number of para-hydroxylation sites is 2. The van der Waals surface area contributed by atoms with Gasteiger partial charge in [0.25, 0.3) is 0 Å². The number of carbonyl (C=O) groups is 1. The van der Waals surface area contributed by atoms with Gasteiger partial charge in [-0.15, -0.1) is 22.7 Å². The van der Waals surface area contributed by atoms with Crippen LogP contribution in [0.1, 0.15) is 17.0 Å². The molecule has 42 heavy (non-hydrogen) atoms. The minimum atomic E-state index is -0.655. The first-order chi connectivity index (χ1) is 20.1. The van der Waals surface area contributed by atoms with Gasteiger partial charge in [0.05, 0.1) is 20.4 Å². The Labute approximate surface area is 273 Å². The molecule has 2 aromatic heterocycles. The van der Waals surface area contributed by atoms with E-state index in [2.05, 4.69) is 15.1 Å². The van der Waals surface area contributed by atoms with Gasteiger partial charge < -0.3 is 20.5 Å². The van der Waals surface area contributed by atoms with Crippen molar-refractivity contribution in [1.82, 2.24) is 9.97 Å². The van der Waals surface area contributed by atoms with Gasteiger partial charge in [0, 0.05) is 5.56 Å². The van der Waals surface area contributed by atoms with Crippen LogP contribution < -0.4 is 43.8 Å². The van der Waals surface area contributed by atoms with E-state index in [1.807, 2.05) is 48.5 Å². The summed E-state index contributed by atoms with van der Waals surface area (Å²) in [5, 5.41) is 5.67. The van der Waals surface area contributed by atoms with E-state index in [0.717, 1.165) is 30.4 Å². The van der Waals surface area contributed by atoms with Gasteiger partial charge in [-0.25, -0.2) is 14.8 Å². The van der Waals surface area contributed by atoms with Crippen molar-refractivity contribution in [3.63, 3.8) is 0 Å². The molecule has 0 fully saturated rings. The molecule has 0 amide bonds. The van der Waals surface area contributed by atoms with Crippen molar-refractivity contribution in [3.05, 3.63) is 113 Å². The number of hydrogen-bond donors (Lipinski definition) is 0. The molecule has 4 aromatic carbocycles. The molecule has 0 unspecified atom stereocenters. The molecule has 6 rings (SSSR count). The van der Waals surface area contributed by atoms with Gasteiger partial charge >= 0.3 is 35.5 Å². The number of benzene rings is 4. The van der Waals surface area contributed by atoms with E-state index < -0.39 is 5.97 Å². The molecule has 6 aromatic rings. The van der Waals surface area contributed by atoms with Crippen LogP contribution in [-0.4, -0.2) is 28.8 Å². The third kappa shape index (κ3) is 7.15. The van der Waals surface area contributed by atoms with Crippen LogP contribution in [0, 0.1) is 0 Å². The van der Waals surface area contributed by atoms with E-state index in [-0.39, 0.29) is 36.7 Å². The largest absolute Gasteiger partial charge is 1.00 e. The number of thiazole rings is 2. The number of nitrogens with zero attached hydrogens (tertiary/aromatic N) is 3. The third-order valence-corrected chi connectivity index (χ3v) is 7.96. The number of esters is 1. The normalized spacial score (nSPS) is 11.2. The van der Waals surface area contributed by atoms with E-state index in [1.54, 1.807) is 71.2 Å². The SMILES string of the molecule is CON=C(C(=O)Oc1ccc(OCc2nc3ccccc3s2)cc1)c1ccc(OCc2nc3ccccc3s2)cc1.[H-].[Na+]. The third-order valence-electron chi connectivity index (χ3n) is 5.94. The minimum Gasteiger partial charge on any atom is -1.00 e. The van der Waals surface area contributed by atoms with Crippen molar-refractivity contribution in [2.45, 2.75) is 13.2 Å². The summed E-state index contributed by atoms with van der Waals surface area (Å²) in [6.07, 6.45) is 0. The first-order valence-corrected chi connectivity index (χ1v) is 14.3. The zero-order valence-electron chi connectivity index (χ0n) is 23.9. The van der Waals surface area contributed by atoms with E-state index in [1.165, 1.54) is 7.11 Å². The predicted molar refractivity (Wildman–Crippen MR) is 161 cm³/mol. The zero-order chi connectivity index (χ0) is 28.0. The number of oxime groups is 1. The van der Waals surface area contributed by atoms with Gasteiger partial charge in [0.1, 0.15) is 47.6 Å². The fourth-order valence-electron chi connectivity index (χ4n) is 4.02. The van der Waals surface area contributed by atoms with Crippen molar-refractivity contribution in [2.24, 2.45) is 5.16 Å². The molecule has 0 radical (unpaired) electrons. The Morgan fingerprint density at radius 3 is 1.69 bits per heavy atom. The topological polar surface area (TPSA) is 92.1 Å². The molecule has 0 bridgehead atoms. The van der Waals surface area contributed by atoms with Crippen LogP contribution in [0.25, 0.3) is 20.4 Å². The summed E-state index contributed by atoms with van der Waals surface area (Å²) >= 11 is 3.19. The summed E-state index contributed by atoms with van der Waals surface area (Å²) in [5.41, 5.74) is 2.47. The minimum absolute atomic E-state index is 0. The maximum absolute atomic E-state index is 13.0. The van der Waals surface area contributed by atoms with Crippen LogP contribution in [0.4, 0.5) is 0 Å². The fraction of sp³-hybridized carbons (Fsp3) is 0.0968. The average molecular weight is 606 g/mol. The second-order valence-electron chi connectivity index (χ2n) is 8.74. The van der Waals surface area contributed by atoms with Crippen LogP contribution in [0.5, 0.6) is 17.2 Å². The first kappa shape index (κ1) is 29.7. The Kier molecular flexibility index (Phi) is 9.83. The number of fused-ring (bicyclic) bond motifs is 2. The van der Waals surface area contributed by atoms with Crippen molar-refractivity contribution >= 4 is 54.8 Å². The molecule has 0 spiro atoms. The Morgan fingerprint density at radius 2 is 1.19 bits per heavy atom. The molecule has 2 heterocycles. The maximum Gasteiger partial charge on any atom is 1.00 e. The number of rotatable bonds is 10. The summed E-state index contributed by atoms with van der Waals surface area (Å²) in [4.78, 5) is 27.0. The van der Waals surface area contributed by atoms with Gasteiger partial charge in [-0.1, -0.05) is 29.4 Å². The summed E-state index contributed by atoms with van der Waals surface area (Å²) in [6.45, 7) is 0.698. The van der Waals surface area contributed by atoms with Crippen molar-refractivity contribution in [2.75, 3.05) is 7.11 Å². The van der Waals surface area contributed by atoms with Crippen molar-refractivity contribution in [3.8, 4) is 17.2 Å². The van der Waals surface area contributed by atoms with E-state index >= 15 is 0 Å². The molecule has 0 atom stereocenters. The standard InChI is InChI=1S/C31H23N3O5S2.Na.H/c1-36-34-30(20-10-12-21(13-11-20)37-18-28-32-24-6-2-4-8-26(24)40-28)31(35)39-23-16-14-22(15-17-23)38-19-29-33-25-7-3-5-9-27(25)41-29;;/h2-17H,18-19H2,1H3;;/q;+1;-1. The zero-order valence-corrected chi connectivity index (χ0v) is 26.5. The van der Waals surface area contributed by atoms with Gasteiger partial charge in [-0.2, -0.15) is 0 Å². The Morgan fingerprint density at radius 1 is 0.714 bits per heavy atom. The molecular weight excluding hydrogens is 581 g/mol. The van der Waals surface area contributed by atoms with Gasteiger partial charge in [0.2, 0.25) is 0 Å². The number of carbonyl (C=O) groups excluding carboxylic acids is 1. The summed E-state index contributed by atoms with van der Waals surface area (Å²) in [6, 6.07) is 29.7.